The maximum absolute atomic E-state index is 11.3. The van der Waals surface area contributed by atoms with E-state index in [2.05, 4.69) is 10.5 Å². The number of nitrogens with one attached hydrogen (secondary N) is 1. The molecule has 0 radical (unpaired) electrons. The van der Waals surface area contributed by atoms with E-state index in [1.54, 1.807) is 31.3 Å². The Labute approximate surface area is 105 Å². The third kappa shape index (κ3) is 2.88. The van der Waals surface area contributed by atoms with Gasteiger partial charge in [0, 0.05) is 18.7 Å². The summed E-state index contributed by atoms with van der Waals surface area (Å²) in [6.45, 7) is 2.17. The van der Waals surface area contributed by atoms with Crippen LogP contribution < -0.4 is 10.1 Å². The fraction of sp³-hybridized carbons (Fsp3) is 0.231. The normalized spacial score (nSPS) is 10.1. The van der Waals surface area contributed by atoms with E-state index in [1.165, 1.54) is 0 Å². The molecule has 0 unspecified atom stereocenters. The van der Waals surface area contributed by atoms with Gasteiger partial charge in [-0.15, -0.1) is 0 Å². The second kappa shape index (κ2) is 5.35. The number of benzene rings is 1. The van der Waals surface area contributed by atoms with Crippen molar-refractivity contribution < 1.29 is 14.1 Å². The standard InChI is InChI=1S/C13H14N2O3/c1-9-7-11(15-18-9)8-17-12-5-3-10(4-6-12)13(16)14-2/h3-7H,8H2,1-2H3,(H,14,16). The Bertz CT molecular complexity index is 531. The van der Waals surface area contributed by atoms with E-state index in [0.29, 0.717) is 17.9 Å². The van der Waals surface area contributed by atoms with Crippen LogP contribution in [0.3, 0.4) is 0 Å². The van der Waals surface area contributed by atoms with Gasteiger partial charge >= 0.3 is 0 Å². The average molecular weight is 246 g/mol. The zero-order chi connectivity index (χ0) is 13.0. The van der Waals surface area contributed by atoms with Crippen molar-refractivity contribution in [3.63, 3.8) is 0 Å². The molecule has 0 saturated carbocycles. The van der Waals surface area contributed by atoms with E-state index >= 15 is 0 Å². The Kier molecular flexibility index (Phi) is 3.62. The third-order valence-electron chi connectivity index (χ3n) is 2.41. The minimum atomic E-state index is -0.117. The Morgan fingerprint density at radius 3 is 2.67 bits per heavy atom. The summed E-state index contributed by atoms with van der Waals surface area (Å²) in [7, 11) is 1.60. The Morgan fingerprint density at radius 2 is 2.11 bits per heavy atom. The highest BCUT2D eigenvalue weighted by atomic mass is 16.5. The third-order valence-corrected chi connectivity index (χ3v) is 2.41. The molecule has 1 amide bonds. The summed E-state index contributed by atoms with van der Waals surface area (Å²) in [5.41, 5.74) is 1.34. The summed E-state index contributed by atoms with van der Waals surface area (Å²) >= 11 is 0. The second-order valence-electron chi connectivity index (χ2n) is 3.82. The molecule has 1 aromatic carbocycles. The number of aryl methyl sites for hydroxylation is 1. The molecule has 94 valence electrons. The summed E-state index contributed by atoms with van der Waals surface area (Å²) in [5.74, 6) is 1.32. The molecule has 0 atom stereocenters. The Morgan fingerprint density at radius 1 is 1.39 bits per heavy atom. The predicted octanol–water partition coefficient (Wildman–Crippen LogP) is 1.92. The van der Waals surface area contributed by atoms with Gasteiger partial charge in [0.25, 0.3) is 5.91 Å². The molecular formula is C13H14N2O3. The van der Waals surface area contributed by atoms with Crippen molar-refractivity contribution in [1.82, 2.24) is 10.5 Å². The minimum absolute atomic E-state index is 0.117. The monoisotopic (exact) mass is 246 g/mol. The van der Waals surface area contributed by atoms with Gasteiger partial charge in [0.05, 0.1) is 0 Å². The molecule has 0 fully saturated rings. The highest BCUT2D eigenvalue weighted by Crippen LogP contribution is 2.14. The van der Waals surface area contributed by atoms with Gasteiger partial charge in [0.1, 0.15) is 23.8 Å². The molecule has 0 aliphatic rings. The lowest BCUT2D eigenvalue weighted by molar-refractivity contribution is 0.0963. The van der Waals surface area contributed by atoms with Crippen molar-refractivity contribution in [3.8, 4) is 5.75 Å². The van der Waals surface area contributed by atoms with E-state index in [0.717, 1.165) is 11.5 Å². The van der Waals surface area contributed by atoms with Crippen LogP contribution in [0, 0.1) is 6.92 Å². The van der Waals surface area contributed by atoms with Gasteiger partial charge in [-0.05, 0) is 31.2 Å². The quantitative estimate of drug-likeness (QED) is 0.895. The van der Waals surface area contributed by atoms with E-state index in [4.69, 9.17) is 9.26 Å². The lowest BCUT2D eigenvalue weighted by Gasteiger charge is -2.04. The van der Waals surface area contributed by atoms with Crippen molar-refractivity contribution in [2.75, 3.05) is 7.05 Å². The number of nitrogens with zero attached hydrogens (tertiary/aromatic N) is 1. The van der Waals surface area contributed by atoms with Gasteiger partial charge in [-0.1, -0.05) is 5.16 Å². The average Bonchev–Trinajstić information content (AvgIpc) is 2.82. The Hall–Kier alpha value is -2.30. The molecular weight excluding hydrogens is 232 g/mol. The van der Waals surface area contributed by atoms with Crippen molar-refractivity contribution in [2.45, 2.75) is 13.5 Å². The summed E-state index contributed by atoms with van der Waals surface area (Å²) < 4.78 is 10.5. The van der Waals surface area contributed by atoms with E-state index in [9.17, 15) is 4.79 Å². The number of hydrogen-bond donors (Lipinski definition) is 1. The molecule has 0 aliphatic carbocycles. The van der Waals surface area contributed by atoms with Gasteiger partial charge in [0.15, 0.2) is 0 Å². The highest BCUT2D eigenvalue weighted by Gasteiger charge is 2.04. The van der Waals surface area contributed by atoms with Crippen LogP contribution >= 0.6 is 0 Å². The molecule has 0 bridgehead atoms. The lowest BCUT2D eigenvalue weighted by atomic mass is 10.2. The van der Waals surface area contributed by atoms with Gasteiger partial charge in [-0.25, -0.2) is 0 Å². The Balaban J connectivity index is 1.96. The summed E-state index contributed by atoms with van der Waals surface area (Å²) in [4.78, 5) is 11.3. The van der Waals surface area contributed by atoms with Crippen molar-refractivity contribution in [2.24, 2.45) is 0 Å². The molecule has 0 aliphatic heterocycles. The predicted molar refractivity (Wildman–Crippen MR) is 65.4 cm³/mol. The van der Waals surface area contributed by atoms with Gasteiger partial charge in [0.2, 0.25) is 0 Å². The van der Waals surface area contributed by atoms with Crippen molar-refractivity contribution in [3.05, 3.63) is 47.3 Å². The second-order valence-corrected chi connectivity index (χ2v) is 3.82. The van der Waals surface area contributed by atoms with Crippen LogP contribution in [0.15, 0.2) is 34.9 Å². The number of hydrogen-bond acceptors (Lipinski definition) is 4. The number of ether oxygens (including phenoxy) is 1. The maximum Gasteiger partial charge on any atom is 0.251 e. The molecule has 1 aromatic heterocycles. The molecule has 0 spiro atoms. The van der Waals surface area contributed by atoms with Crippen molar-refractivity contribution >= 4 is 5.91 Å². The number of rotatable bonds is 4. The fourth-order valence-corrected chi connectivity index (χ4v) is 1.49. The zero-order valence-corrected chi connectivity index (χ0v) is 10.3. The molecule has 5 nitrogen and oxygen atoms in total. The summed E-state index contributed by atoms with van der Waals surface area (Å²) in [5, 5.41) is 6.38. The number of amides is 1. The van der Waals surface area contributed by atoms with Crippen LogP contribution in [-0.4, -0.2) is 18.1 Å². The van der Waals surface area contributed by atoms with Gasteiger partial charge in [-0.2, -0.15) is 0 Å². The number of carbonyl (C=O) groups excluding carboxylic acids is 1. The van der Waals surface area contributed by atoms with Crippen LogP contribution in [0.4, 0.5) is 0 Å². The molecule has 18 heavy (non-hydrogen) atoms. The largest absolute Gasteiger partial charge is 0.487 e. The summed E-state index contributed by atoms with van der Waals surface area (Å²) in [6.07, 6.45) is 0. The molecule has 0 saturated heterocycles. The fourth-order valence-electron chi connectivity index (χ4n) is 1.49. The number of carbonyl (C=O) groups is 1. The van der Waals surface area contributed by atoms with E-state index < -0.39 is 0 Å². The van der Waals surface area contributed by atoms with Crippen LogP contribution in [-0.2, 0) is 6.61 Å². The maximum atomic E-state index is 11.3. The van der Waals surface area contributed by atoms with Crippen LogP contribution in [0.2, 0.25) is 0 Å². The molecule has 1 N–H and O–H groups in total. The first kappa shape index (κ1) is 12.2. The lowest BCUT2D eigenvalue weighted by Crippen LogP contribution is -2.17. The smallest absolute Gasteiger partial charge is 0.251 e. The first-order chi connectivity index (χ1) is 8.69. The zero-order valence-electron chi connectivity index (χ0n) is 10.3. The van der Waals surface area contributed by atoms with Crippen LogP contribution in [0.5, 0.6) is 5.75 Å². The van der Waals surface area contributed by atoms with Crippen LogP contribution in [0.25, 0.3) is 0 Å². The van der Waals surface area contributed by atoms with Gasteiger partial charge in [-0.3, -0.25) is 4.79 Å². The first-order valence-corrected chi connectivity index (χ1v) is 5.56. The molecule has 5 heteroatoms. The highest BCUT2D eigenvalue weighted by molar-refractivity contribution is 5.94. The minimum Gasteiger partial charge on any atom is -0.487 e. The van der Waals surface area contributed by atoms with E-state index in [-0.39, 0.29) is 5.91 Å². The first-order valence-electron chi connectivity index (χ1n) is 5.56. The summed E-state index contributed by atoms with van der Waals surface area (Å²) in [6, 6.07) is 8.73. The van der Waals surface area contributed by atoms with Crippen molar-refractivity contribution in [1.29, 1.82) is 0 Å². The van der Waals surface area contributed by atoms with Gasteiger partial charge < -0.3 is 14.6 Å². The molecule has 2 rings (SSSR count). The number of aromatic nitrogens is 1. The SMILES string of the molecule is CNC(=O)c1ccc(OCc2cc(C)on2)cc1. The topological polar surface area (TPSA) is 64.4 Å². The van der Waals surface area contributed by atoms with Crippen LogP contribution in [0.1, 0.15) is 21.8 Å². The van der Waals surface area contributed by atoms with E-state index in [1.807, 2.05) is 13.0 Å². The molecule has 1 heterocycles. The molecule has 2 aromatic rings.